The number of hydrogen-bond acceptors (Lipinski definition) is 3. The van der Waals surface area contributed by atoms with Gasteiger partial charge in [0.05, 0.1) is 6.04 Å². The summed E-state index contributed by atoms with van der Waals surface area (Å²) in [6, 6.07) is 5.38. The van der Waals surface area contributed by atoms with Crippen molar-refractivity contribution < 1.29 is 4.79 Å². The van der Waals surface area contributed by atoms with Crippen LogP contribution >= 0.6 is 43.2 Å². The molecule has 2 rings (SSSR count). The number of rotatable bonds is 3. The maximum absolute atomic E-state index is 12.2. The van der Waals surface area contributed by atoms with Gasteiger partial charge in [0.1, 0.15) is 5.01 Å². The van der Waals surface area contributed by atoms with Crippen molar-refractivity contribution in [3.63, 3.8) is 0 Å². The van der Waals surface area contributed by atoms with Gasteiger partial charge in [-0.2, -0.15) is 0 Å². The highest BCUT2D eigenvalue weighted by molar-refractivity contribution is 9.11. The summed E-state index contributed by atoms with van der Waals surface area (Å²) in [5.74, 6) is -0.109. The molecule has 1 aromatic heterocycles. The molecular formula is C13H12Br2N2OS. The zero-order valence-corrected chi connectivity index (χ0v) is 14.4. The van der Waals surface area contributed by atoms with Crippen molar-refractivity contribution in [2.75, 3.05) is 0 Å². The standard InChI is InChI=1S/C13H12Br2N2OS/c1-7-6-16-13(19-7)8(2)17-12(18)9-3-10(14)5-11(15)4-9/h3-6,8H,1-2H3,(H,17,18). The van der Waals surface area contributed by atoms with E-state index in [1.807, 2.05) is 26.1 Å². The molecule has 0 aliphatic rings. The van der Waals surface area contributed by atoms with Crippen LogP contribution in [-0.2, 0) is 0 Å². The maximum Gasteiger partial charge on any atom is 0.251 e. The Morgan fingerprint density at radius 1 is 1.32 bits per heavy atom. The molecule has 6 heteroatoms. The fourth-order valence-electron chi connectivity index (χ4n) is 1.60. The Bertz CT molecular complexity index is 592. The highest BCUT2D eigenvalue weighted by atomic mass is 79.9. The van der Waals surface area contributed by atoms with Crippen LogP contribution in [0.3, 0.4) is 0 Å². The molecule has 1 heterocycles. The highest BCUT2D eigenvalue weighted by Gasteiger charge is 2.14. The smallest absolute Gasteiger partial charge is 0.251 e. The van der Waals surface area contributed by atoms with Crippen LogP contribution in [0, 0.1) is 6.92 Å². The molecule has 0 saturated heterocycles. The van der Waals surface area contributed by atoms with Crippen LogP contribution in [0.2, 0.25) is 0 Å². The summed E-state index contributed by atoms with van der Waals surface area (Å²) in [5, 5.41) is 3.86. The topological polar surface area (TPSA) is 42.0 Å². The van der Waals surface area contributed by atoms with Gasteiger partial charge in [0.15, 0.2) is 0 Å². The SMILES string of the molecule is Cc1cnc(C(C)NC(=O)c2cc(Br)cc(Br)c2)s1. The predicted molar refractivity (Wildman–Crippen MR) is 84.6 cm³/mol. The molecule has 0 saturated carbocycles. The molecule has 1 atom stereocenters. The average molecular weight is 404 g/mol. The molecule has 19 heavy (non-hydrogen) atoms. The van der Waals surface area contributed by atoms with E-state index in [4.69, 9.17) is 0 Å². The van der Waals surface area contributed by atoms with Crippen molar-refractivity contribution in [3.05, 3.63) is 48.8 Å². The first kappa shape index (κ1) is 14.7. The zero-order chi connectivity index (χ0) is 14.0. The van der Waals surface area contributed by atoms with Crippen LogP contribution in [0.1, 0.15) is 33.2 Å². The van der Waals surface area contributed by atoms with Gasteiger partial charge >= 0.3 is 0 Å². The zero-order valence-electron chi connectivity index (χ0n) is 10.4. The lowest BCUT2D eigenvalue weighted by Gasteiger charge is -2.11. The van der Waals surface area contributed by atoms with Gasteiger partial charge in [0, 0.05) is 25.6 Å². The van der Waals surface area contributed by atoms with E-state index in [9.17, 15) is 4.79 Å². The summed E-state index contributed by atoms with van der Waals surface area (Å²) in [5.41, 5.74) is 0.612. The Morgan fingerprint density at radius 3 is 2.47 bits per heavy atom. The van der Waals surface area contributed by atoms with Crippen molar-refractivity contribution in [2.45, 2.75) is 19.9 Å². The number of halogens is 2. The van der Waals surface area contributed by atoms with Gasteiger partial charge in [-0.05, 0) is 32.0 Å². The van der Waals surface area contributed by atoms with Crippen LogP contribution < -0.4 is 5.32 Å². The van der Waals surface area contributed by atoms with Gasteiger partial charge < -0.3 is 5.32 Å². The molecule has 100 valence electrons. The molecule has 0 bridgehead atoms. The Morgan fingerprint density at radius 2 is 1.95 bits per heavy atom. The second-order valence-corrected chi connectivity index (χ2v) is 7.26. The molecule has 3 nitrogen and oxygen atoms in total. The second-order valence-electron chi connectivity index (χ2n) is 4.16. The third-order valence-corrected chi connectivity index (χ3v) is 4.49. The van der Waals surface area contributed by atoms with Gasteiger partial charge in [-0.15, -0.1) is 11.3 Å². The molecule has 0 aliphatic carbocycles. The molecule has 0 aliphatic heterocycles. The van der Waals surface area contributed by atoms with Gasteiger partial charge in [-0.3, -0.25) is 4.79 Å². The summed E-state index contributed by atoms with van der Waals surface area (Å²) in [6.45, 7) is 3.93. The van der Waals surface area contributed by atoms with Gasteiger partial charge in [-0.25, -0.2) is 4.98 Å². The Labute approximate surface area is 132 Å². The maximum atomic E-state index is 12.2. The molecule has 0 spiro atoms. The van der Waals surface area contributed by atoms with E-state index >= 15 is 0 Å². The fraction of sp³-hybridized carbons (Fsp3) is 0.231. The quantitative estimate of drug-likeness (QED) is 0.821. The van der Waals surface area contributed by atoms with Crippen LogP contribution in [0.4, 0.5) is 0 Å². The van der Waals surface area contributed by atoms with E-state index in [0.29, 0.717) is 5.56 Å². The van der Waals surface area contributed by atoms with E-state index in [2.05, 4.69) is 42.2 Å². The number of amides is 1. The number of aromatic nitrogens is 1. The number of benzene rings is 1. The number of carbonyl (C=O) groups is 1. The Hall–Kier alpha value is -0.720. The number of aryl methyl sites for hydroxylation is 1. The molecule has 1 amide bonds. The Kier molecular flexibility index (Phi) is 4.76. The van der Waals surface area contributed by atoms with Crippen LogP contribution in [0.15, 0.2) is 33.3 Å². The van der Waals surface area contributed by atoms with E-state index in [1.54, 1.807) is 23.5 Å². The summed E-state index contributed by atoms with van der Waals surface area (Å²) in [6.07, 6.45) is 1.82. The van der Waals surface area contributed by atoms with Crippen LogP contribution in [0.5, 0.6) is 0 Å². The van der Waals surface area contributed by atoms with Crippen LogP contribution in [-0.4, -0.2) is 10.9 Å². The minimum atomic E-state index is -0.109. The first-order valence-electron chi connectivity index (χ1n) is 5.65. The summed E-state index contributed by atoms with van der Waals surface area (Å²) < 4.78 is 1.73. The van der Waals surface area contributed by atoms with Crippen molar-refractivity contribution in [2.24, 2.45) is 0 Å². The minimum absolute atomic E-state index is 0.0936. The largest absolute Gasteiger partial charge is 0.343 e. The summed E-state index contributed by atoms with van der Waals surface area (Å²) >= 11 is 8.35. The summed E-state index contributed by atoms with van der Waals surface area (Å²) in [4.78, 5) is 17.6. The minimum Gasteiger partial charge on any atom is -0.343 e. The summed E-state index contributed by atoms with van der Waals surface area (Å²) in [7, 11) is 0. The Balaban J connectivity index is 2.12. The second kappa shape index (κ2) is 6.15. The first-order valence-corrected chi connectivity index (χ1v) is 8.05. The highest BCUT2D eigenvalue weighted by Crippen LogP contribution is 2.22. The normalized spacial score (nSPS) is 12.2. The molecule has 2 aromatic rings. The van der Waals surface area contributed by atoms with E-state index in [0.717, 1.165) is 18.8 Å². The molecule has 0 fully saturated rings. The van der Waals surface area contributed by atoms with E-state index in [-0.39, 0.29) is 11.9 Å². The average Bonchev–Trinajstić information content (AvgIpc) is 2.74. The number of thiazole rings is 1. The number of nitrogens with zero attached hydrogens (tertiary/aromatic N) is 1. The molecular weight excluding hydrogens is 392 g/mol. The third-order valence-electron chi connectivity index (χ3n) is 2.48. The van der Waals surface area contributed by atoms with Crippen molar-refractivity contribution in [1.82, 2.24) is 10.3 Å². The number of hydrogen-bond donors (Lipinski definition) is 1. The van der Waals surface area contributed by atoms with Crippen molar-refractivity contribution in [1.29, 1.82) is 0 Å². The predicted octanol–water partition coefficient (Wildman–Crippen LogP) is 4.47. The fourth-order valence-corrected chi connectivity index (χ4v) is 3.67. The molecule has 1 unspecified atom stereocenters. The van der Waals surface area contributed by atoms with Gasteiger partial charge in [0.25, 0.3) is 5.91 Å². The lowest BCUT2D eigenvalue weighted by molar-refractivity contribution is 0.0939. The molecule has 0 radical (unpaired) electrons. The number of carbonyl (C=O) groups excluding carboxylic acids is 1. The van der Waals surface area contributed by atoms with E-state index in [1.165, 1.54) is 0 Å². The lowest BCUT2D eigenvalue weighted by atomic mass is 10.2. The lowest BCUT2D eigenvalue weighted by Crippen LogP contribution is -2.26. The first-order chi connectivity index (χ1) is 8.95. The monoisotopic (exact) mass is 402 g/mol. The van der Waals surface area contributed by atoms with Crippen molar-refractivity contribution >= 4 is 49.1 Å². The van der Waals surface area contributed by atoms with Crippen molar-refractivity contribution in [3.8, 4) is 0 Å². The number of nitrogens with one attached hydrogen (secondary N) is 1. The third kappa shape index (κ3) is 3.87. The van der Waals surface area contributed by atoms with E-state index < -0.39 is 0 Å². The molecule has 1 N–H and O–H groups in total. The molecule has 1 aromatic carbocycles. The van der Waals surface area contributed by atoms with Gasteiger partial charge in [0.2, 0.25) is 0 Å². The van der Waals surface area contributed by atoms with Crippen LogP contribution in [0.25, 0.3) is 0 Å². The van der Waals surface area contributed by atoms with Gasteiger partial charge in [-0.1, -0.05) is 31.9 Å².